The maximum atomic E-state index is 4.24. The summed E-state index contributed by atoms with van der Waals surface area (Å²) in [7, 11) is 3.92. The van der Waals surface area contributed by atoms with E-state index in [1.807, 2.05) is 14.1 Å². The van der Waals surface area contributed by atoms with E-state index in [1.54, 1.807) is 22.8 Å². The summed E-state index contributed by atoms with van der Waals surface area (Å²) in [5.74, 6) is 0.938. The van der Waals surface area contributed by atoms with E-state index in [4.69, 9.17) is 0 Å². The SMILES string of the molecule is CNC(CSc1ncnn1C)c1cc(C)ccc1C. The summed E-state index contributed by atoms with van der Waals surface area (Å²) >= 11 is 1.72. The lowest BCUT2D eigenvalue weighted by atomic mass is 10.0. The molecule has 0 radical (unpaired) electrons. The van der Waals surface area contributed by atoms with Crippen LogP contribution in [0.25, 0.3) is 0 Å². The minimum absolute atomic E-state index is 0.321. The molecule has 0 amide bonds. The van der Waals surface area contributed by atoms with Gasteiger partial charge in [0.15, 0.2) is 5.16 Å². The minimum atomic E-state index is 0.321. The van der Waals surface area contributed by atoms with Crippen molar-refractivity contribution in [3.8, 4) is 0 Å². The van der Waals surface area contributed by atoms with Gasteiger partial charge in [-0.25, -0.2) is 9.67 Å². The third kappa shape index (κ3) is 3.36. The van der Waals surface area contributed by atoms with Gasteiger partial charge in [-0.2, -0.15) is 5.10 Å². The van der Waals surface area contributed by atoms with Gasteiger partial charge < -0.3 is 5.32 Å². The number of aromatic nitrogens is 3. The number of aryl methyl sites for hydroxylation is 3. The maximum Gasteiger partial charge on any atom is 0.185 e. The first-order chi connectivity index (χ1) is 9.11. The van der Waals surface area contributed by atoms with Crippen molar-refractivity contribution in [2.75, 3.05) is 12.8 Å². The van der Waals surface area contributed by atoms with E-state index in [-0.39, 0.29) is 0 Å². The number of thioether (sulfide) groups is 1. The van der Waals surface area contributed by atoms with Gasteiger partial charge in [0.2, 0.25) is 0 Å². The van der Waals surface area contributed by atoms with Gasteiger partial charge in [-0.1, -0.05) is 35.5 Å². The second-order valence-corrected chi connectivity index (χ2v) is 5.67. The molecule has 19 heavy (non-hydrogen) atoms. The van der Waals surface area contributed by atoms with Gasteiger partial charge in [0.25, 0.3) is 0 Å². The molecule has 102 valence electrons. The van der Waals surface area contributed by atoms with Crippen LogP contribution >= 0.6 is 11.8 Å². The average molecular weight is 276 g/mol. The third-order valence-electron chi connectivity index (χ3n) is 3.21. The molecule has 0 fully saturated rings. The minimum Gasteiger partial charge on any atom is -0.312 e. The summed E-state index contributed by atoms with van der Waals surface area (Å²) in [6.07, 6.45) is 1.59. The Bertz CT molecular complexity index is 550. The van der Waals surface area contributed by atoms with Crippen molar-refractivity contribution in [3.63, 3.8) is 0 Å². The van der Waals surface area contributed by atoms with Crippen LogP contribution < -0.4 is 5.32 Å². The van der Waals surface area contributed by atoms with Crippen molar-refractivity contribution in [2.45, 2.75) is 25.0 Å². The van der Waals surface area contributed by atoms with Crippen molar-refractivity contribution in [1.29, 1.82) is 0 Å². The predicted octanol–water partition coefficient (Wildman–Crippen LogP) is 2.48. The fraction of sp³-hybridized carbons (Fsp3) is 0.429. The lowest BCUT2D eigenvalue weighted by Gasteiger charge is -2.19. The van der Waals surface area contributed by atoms with Crippen LogP contribution in [0.2, 0.25) is 0 Å². The first kappa shape index (κ1) is 14.1. The summed E-state index contributed by atoms with van der Waals surface area (Å²) < 4.78 is 1.81. The molecule has 0 aliphatic rings. The highest BCUT2D eigenvalue weighted by Crippen LogP contribution is 2.25. The largest absolute Gasteiger partial charge is 0.312 e. The van der Waals surface area contributed by atoms with Crippen LogP contribution in [0.3, 0.4) is 0 Å². The lowest BCUT2D eigenvalue weighted by molar-refractivity contribution is 0.649. The molecule has 0 bridgehead atoms. The average Bonchev–Trinajstić information content (AvgIpc) is 2.80. The molecule has 4 nitrogen and oxygen atoms in total. The van der Waals surface area contributed by atoms with E-state index < -0.39 is 0 Å². The molecule has 2 aromatic rings. The van der Waals surface area contributed by atoms with Gasteiger partial charge in [-0.3, -0.25) is 0 Å². The van der Waals surface area contributed by atoms with Gasteiger partial charge in [0, 0.05) is 18.8 Å². The van der Waals surface area contributed by atoms with Gasteiger partial charge >= 0.3 is 0 Å². The summed E-state index contributed by atoms with van der Waals surface area (Å²) in [6, 6.07) is 6.92. The van der Waals surface area contributed by atoms with Crippen molar-refractivity contribution in [2.24, 2.45) is 7.05 Å². The Morgan fingerprint density at radius 2 is 2.16 bits per heavy atom. The van der Waals surface area contributed by atoms with Crippen LogP contribution in [0.5, 0.6) is 0 Å². The molecule has 0 saturated carbocycles. The van der Waals surface area contributed by atoms with Crippen LogP contribution in [0.15, 0.2) is 29.7 Å². The highest BCUT2D eigenvalue weighted by Gasteiger charge is 2.14. The topological polar surface area (TPSA) is 42.7 Å². The zero-order chi connectivity index (χ0) is 13.8. The molecule has 0 spiro atoms. The predicted molar refractivity (Wildman–Crippen MR) is 79.4 cm³/mol. The molecular formula is C14H20N4S. The Balaban J connectivity index is 2.12. The van der Waals surface area contributed by atoms with E-state index in [0.717, 1.165) is 10.9 Å². The molecule has 1 N–H and O–H groups in total. The second kappa shape index (κ2) is 6.21. The number of nitrogens with zero attached hydrogens (tertiary/aromatic N) is 3. The van der Waals surface area contributed by atoms with Crippen LogP contribution in [0.1, 0.15) is 22.7 Å². The highest BCUT2D eigenvalue weighted by atomic mass is 32.2. The monoisotopic (exact) mass is 276 g/mol. The first-order valence-corrected chi connectivity index (χ1v) is 7.31. The number of benzene rings is 1. The van der Waals surface area contributed by atoms with Crippen LogP contribution in [0.4, 0.5) is 0 Å². The van der Waals surface area contributed by atoms with Gasteiger partial charge in [0.1, 0.15) is 6.33 Å². The fourth-order valence-corrected chi connectivity index (χ4v) is 3.06. The summed E-state index contributed by atoms with van der Waals surface area (Å²) in [6.45, 7) is 4.29. The molecule has 2 rings (SSSR count). The Morgan fingerprint density at radius 1 is 1.37 bits per heavy atom. The van der Waals surface area contributed by atoms with Crippen LogP contribution in [-0.4, -0.2) is 27.6 Å². The number of hydrogen-bond acceptors (Lipinski definition) is 4. The van der Waals surface area contributed by atoms with Crippen molar-refractivity contribution in [3.05, 3.63) is 41.2 Å². The van der Waals surface area contributed by atoms with E-state index in [0.29, 0.717) is 6.04 Å². The van der Waals surface area contributed by atoms with Gasteiger partial charge in [-0.15, -0.1) is 0 Å². The van der Waals surface area contributed by atoms with Gasteiger partial charge in [0.05, 0.1) is 0 Å². The molecule has 1 unspecified atom stereocenters. The second-order valence-electron chi connectivity index (χ2n) is 4.68. The Labute approximate surface area is 118 Å². The zero-order valence-corrected chi connectivity index (χ0v) is 12.7. The number of hydrogen-bond donors (Lipinski definition) is 1. The molecule has 0 aliphatic heterocycles. The molecule has 0 saturated heterocycles. The summed E-state index contributed by atoms with van der Waals surface area (Å²) in [5, 5.41) is 8.43. The zero-order valence-electron chi connectivity index (χ0n) is 11.8. The van der Waals surface area contributed by atoms with Crippen molar-refractivity contribution < 1.29 is 0 Å². The van der Waals surface area contributed by atoms with E-state index in [9.17, 15) is 0 Å². The normalized spacial score (nSPS) is 12.6. The third-order valence-corrected chi connectivity index (χ3v) is 4.34. The van der Waals surface area contributed by atoms with Crippen LogP contribution in [0, 0.1) is 13.8 Å². The van der Waals surface area contributed by atoms with E-state index in [1.165, 1.54) is 16.7 Å². The quantitative estimate of drug-likeness (QED) is 0.852. The molecule has 1 aromatic heterocycles. The number of rotatable bonds is 5. The standard InChI is InChI=1S/C14H20N4S/c1-10-5-6-11(2)12(7-10)13(15-3)8-19-14-16-9-17-18(14)4/h5-7,9,13,15H,8H2,1-4H3. The Hall–Kier alpha value is -1.33. The molecule has 1 heterocycles. The molecule has 5 heteroatoms. The molecule has 1 aromatic carbocycles. The van der Waals surface area contributed by atoms with Crippen molar-refractivity contribution in [1.82, 2.24) is 20.1 Å². The summed E-state index contributed by atoms with van der Waals surface area (Å²) in [5.41, 5.74) is 3.98. The fourth-order valence-electron chi connectivity index (χ4n) is 2.04. The summed E-state index contributed by atoms with van der Waals surface area (Å²) in [4.78, 5) is 4.24. The maximum absolute atomic E-state index is 4.24. The lowest BCUT2D eigenvalue weighted by Crippen LogP contribution is -2.20. The van der Waals surface area contributed by atoms with E-state index >= 15 is 0 Å². The molecule has 1 atom stereocenters. The van der Waals surface area contributed by atoms with Crippen molar-refractivity contribution >= 4 is 11.8 Å². The highest BCUT2D eigenvalue weighted by molar-refractivity contribution is 7.99. The number of nitrogens with one attached hydrogen (secondary N) is 1. The Kier molecular flexibility index (Phi) is 4.61. The van der Waals surface area contributed by atoms with Crippen LogP contribution in [-0.2, 0) is 7.05 Å². The van der Waals surface area contributed by atoms with Gasteiger partial charge in [-0.05, 0) is 32.0 Å². The Morgan fingerprint density at radius 3 is 2.79 bits per heavy atom. The smallest absolute Gasteiger partial charge is 0.185 e. The first-order valence-electron chi connectivity index (χ1n) is 6.33. The molecule has 0 aliphatic carbocycles. The molecular weight excluding hydrogens is 256 g/mol. The van der Waals surface area contributed by atoms with E-state index in [2.05, 4.69) is 47.4 Å².